The topological polar surface area (TPSA) is 122 Å². The fraction of sp³-hybridized carbons (Fsp3) is 0.526. The third kappa shape index (κ3) is 4.19. The third-order valence-corrected chi connectivity index (χ3v) is 5.60. The maximum atomic E-state index is 12.6. The second kappa shape index (κ2) is 8.05. The minimum Gasteiger partial charge on any atom is -0.391 e. The molecule has 2 aliphatic carbocycles. The monoisotopic (exact) mass is 384 g/mol. The third-order valence-electron chi connectivity index (χ3n) is 5.60. The maximum Gasteiger partial charge on any atom is 0.223 e. The molecule has 9 heteroatoms. The predicted octanol–water partition coefficient (Wildman–Crippen LogP) is -0.397. The molecule has 0 radical (unpaired) electrons. The van der Waals surface area contributed by atoms with Crippen molar-refractivity contribution in [3.63, 3.8) is 0 Å². The zero-order valence-electron chi connectivity index (χ0n) is 15.5. The van der Waals surface area contributed by atoms with Crippen molar-refractivity contribution in [1.29, 1.82) is 0 Å². The molecule has 0 spiro atoms. The number of carbonyl (C=O) groups is 2. The van der Waals surface area contributed by atoms with Crippen molar-refractivity contribution >= 4 is 11.8 Å². The van der Waals surface area contributed by atoms with Crippen molar-refractivity contribution in [3.05, 3.63) is 41.7 Å². The van der Waals surface area contributed by atoms with Gasteiger partial charge >= 0.3 is 0 Å². The van der Waals surface area contributed by atoms with Crippen molar-refractivity contribution in [1.82, 2.24) is 30.8 Å². The molecule has 1 fully saturated rings. The molecular weight excluding hydrogens is 360 g/mol. The first-order valence-electron chi connectivity index (χ1n) is 9.64. The fourth-order valence-electron chi connectivity index (χ4n) is 4.14. The smallest absolute Gasteiger partial charge is 0.223 e. The Morgan fingerprint density at radius 1 is 1.14 bits per heavy atom. The van der Waals surface area contributed by atoms with E-state index in [1.54, 1.807) is 0 Å². The van der Waals surface area contributed by atoms with Crippen LogP contribution in [-0.2, 0) is 29.0 Å². The van der Waals surface area contributed by atoms with Gasteiger partial charge in [-0.25, -0.2) is 4.68 Å². The van der Waals surface area contributed by atoms with Gasteiger partial charge < -0.3 is 15.7 Å². The lowest BCUT2D eigenvalue weighted by molar-refractivity contribution is -0.126. The molecule has 148 valence electrons. The van der Waals surface area contributed by atoms with Crippen molar-refractivity contribution in [2.24, 2.45) is 5.92 Å². The highest BCUT2D eigenvalue weighted by Gasteiger charge is 2.38. The van der Waals surface area contributed by atoms with Gasteiger partial charge in [0.1, 0.15) is 6.33 Å². The molecule has 28 heavy (non-hydrogen) atoms. The molecule has 0 saturated heterocycles. The van der Waals surface area contributed by atoms with Gasteiger partial charge in [0.05, 0.1) is 18.7 Å². The number of aliphatic hydroxyl groups excluding tert-OH is 1. The summed E-state index contributed by atoms with van der Waals surface area (Å²) in [5.41, 5.74) is 2.57. The van der Waals surface area contributed by atoms with Crippen LogP contribution < -0.4 is 10.6 Å². The van der Waals surface area contributed by atoms with Crippen molar-refractivity contribution in [2.45, 2.75) is 56.8 Å². The zero-order chi connectivity index (χ0) is 19.5. The predicted molar refractivity (Wildman–Crippen MR) is 98.9 cm³/mol. The Morgan fingerprint density at radius 3 is 2.57 bits per heavy atom. The highest BCUT2D eigenvalue weighted by Crippen LogP contribution is 2.28. The summed E-state index contributed by atoms with van der Waals surface area (Å²) in [6.07, 6.45) is 3.44. The lowest BCUT2D eigenvalue weighted by Gasteiger charge is -2.17. The van der Waals surface area contributed by atoms with Gasteiger partial charge in [-0.3, -0.25) is 9.59 Å². The lowest BCUT2D eigenvalue weighted by atomic mass is 10.1. The maximum absolute atomic E-state index is 12.6. The largest absolute Gasteiger partial charge is 0.391 e. The molecule has 2 aliphatic rings. The van der Waals surface area contributed by atoms with Gasteiger partial charge in [0.2, 0.25) is 11.8 Å². The van der Waals surface area contributed by atoms with Crippen LogP contribution in [0.1, 0.15) is 30.4 Å². The van der Waals surface area contributed by atoms with E-state index in [1.165, 1.54) is 22.1 Å². The number of aryl methyl sites for hydroxylation is 1. The Labute approximate surface area is 162 Å². The van der Waals surface area contributed by atoms with Gasteiger partial charge in [-0.1, -0.05) is 24.3 Å². The van der Waals surface area contributed by atoms with E-state index in [-0.39, 0.29) is 30.2 Å². The molecule has 1 aromatic carbocycles. The molecule has 0 unspecified atom stereocenters. The molecule has 1 aromatic heterocycles. The van der Waals surface area contributed by atoms with E-state index in [1.807, 2.05) is 12.1 Å². The van der Waals surface area contributed by atoms with Crippen molar-refractivity contribution in [2.75, 3.05) is 0 Å². The number of aliphatic hydroxyl groups is 1. The van der Waals surface area contributed by atoms with E-state index in [0.717, 1.165) is 12.8 Å². The number of amides is 2. The zero-order valence-corrected chi connectivity index (χ0v) is 15.5. The summed E-state index contributed by atoms with van der Waals surface area (Å²) in [5, 5.41) is 27.0. The Morgan fingerprint density at radius 2 is 1.89 bits per heavy atom. The number of hydrogen-bond donors (Lipinski definition) is 3. The molecule has 0 aliphatic heterocycles. The summed E-state index contributed by atoms with van der Waals surface area (Å²) in [6, 6.07) is 7.93. The van der Waals surface area contributed by atoms with Crippen LogP contribution in [0.4, 0.5) is 0 Å². The first-order valence-corrected chi connectivity index (χ1v) is 9.64. The van der Waals surface area contributed by atoms with E-state index >= 15 is 0 Å². The summed E-state index contributed by atoms with van der Waals surface area (Å²) in [4.78, 5) is 24.8. The molecule has 1 heterocycles. The minimum atomic E-state index is -0.714. The van der Waals surface area contributed by atoms with Gasteiger partial charge in [-0.05, 0) is 47.2 Å². The molecular formula is C19H24N6O3. The van der Waals surface area contributed by atoms with E-state index in [0.29, 0.717) is 19.4 Å². The SMILES string of the molecule is O=C(CCn1cnnn1)N[C@H]1C[C@H](C(=O)NC2Cc3ccccc3C2)C[C@@H]1O. The van der Waals surface area contributed by atoms with Crippen LogP contribution in [0.3, 0.4) is 0 Å². The number of carbonyl (C=O) groups excluding carboxylic acids is 2. The first kappa shape index (κ1) is 18.5. The average molecular weight is 384 g/mol. The van der Waals surface area contributed by atoms with Gasteiger partial charge in [-0.2, -0.15) is 0 Å². The number of fused-ring (bicyclic) bond motifs is 1. The number of aromatic nitrogens is 4. The van der Waals surface area contributed by atoms with Crippen LogP contribution in [0.25, 0.3) is 0 Å². The second-order valence-electron chi connectivity index (χ2n) is 7.62. The van der Waals surface area contributed by atoms with Crippen LogP contribution in [0, 0.1) is 5.92 Å². The van der Waals surface area contributed by atoms with Crippen LogP contribution >= 0.6 is 0 Å². The van der Waals surface area contributed by atoms with Crippen LogP contribution in [-0.4, -0.2) is 55.3 Å². The van der Waals surface area contributed by atoms with Gasteiger partial charge in [0, 0.05) is 18.4 Å². The standard InChI is InChI=1S/C19H24N6O3/c26-17-10-14(9-16(17)22-18(27)5-6-25-11-20-23-24-25)19(28)21-15-7-12-3-1-2-4-13(12)8-15/h1-4,11,14-17,26H,5-10H2,(H,21,28)(H,22,27)/t14-,16-,17-/m0/s1. The normalized spacial score (nSPS) is 24.1. The second-order valence-corrected chi connectivity index (χ2v) is 7.62. The molecule has 4 rings (SSSR count). The number of rotatable bonds is 6. The van der Waals surface area contributed by atoms with Gasteiger partial charge in [0.15, 0.2) is 0 Å². The summed E-state index contributed by atoms with van der Waals surface area (Å²) in [5.74, 6) is -0.516. The van der Waals surface area contributed by atoms with Crippen LogP contribution in [0.2, 0.25) is 0 Å². The van der Waals surface area contributed by atoms with E-state index in [2.05, 4.69) is 38.3 Å². The number of benzene rings is 1. The Hall–Kier alpha value is -2.81. The van der Waals surface area contributed by atoms with Crippen LogP contribution in [0.5, 0.6) is 0 Å². The van der Waals surface area contributed by atoms with Crippen molar-refractivity contribution < 1.29 is 14.7 Å². The van der Waals surface area contributed by atoms with Crippen molar-refractivity contribution in [3.8, 4) is 0 Å². The molecule has 1 saturated carbocycles. The number of nitrogens with zero attached hydrogens (tertiary/aromatic N) is 4. The molecule has 3 N–H and O–H groups in total. The van der Waals surface area contributed by atoms with E-state index in [4.69, 9.17) is 0 Å². The lowest BCUT2D eigenvalue weighted by Crippen LogP contribution is -2.41. The van der Waals surface area contributed by atoms with Crippen LogP contribution in [0.15, 0.2) is 30.6 Å². The van der Waals surface area contributed by atoms with E-state index in [9.17, 15) is 14.7 Å². The molecule has 2 aromatic rings. The first-order chi connectivity index (χ1) is 13.6. The number of tetrazole rings is 1. The molecule has 9 nitrogen and oxygen atoms in total. The highest BCUT2D eigenvalue weighted by atomic mass is 16.3. The molecule has 2 amide bonds. The highest BCUT2D eigenvalue weighted by molar-refractivity contribution is 5.80. The Balaban J connectivity index is 1.24. The van der Waals surface area contributed by atoms with E-state index < -0.39 is 12.1 Å². The quantitative estimate of drug-likeness (QED) is 0.623. The Bertz CT molecular complexity index is 815. The molecule has 3 atom stereocenters. The summed E-state index contributed by atoms with van der Waals surface area (Å²) < 4.78 is 1.47. The fourth-order valence-corrected chi connectivity index (χ4v) is 4.14. The molecule has 0 bridgehead atoms. The average Bonchev–Trinajstić information content (AvgIpc) is 3.40. The van der Waals surface area contributed by atoms with Gasteiger partial charge in [0.25, 0.3) is 0 Å². The summed E-state index contributed by atoms with van der Waals surface area (Å²) in [6.45, 7) is 0.369. The summed E-state index contributed by atoms with van der Waals surface area (Å²) >= 11 is 0. The minimum absolute atomic E-state index is 0.0395. The Kier molecular flexibility index (Phi) is 5.34. The number of nitrogens with one attached hydrogen (secondary N) is 2. The number of hydrogen-bond acceptors (Lipinski definition) is 6. The summed E-state index contributed by atoms with van der Waals surface area (Å²) in [7, 11) is 0. The van der Waals surface area contributed by atoms with Gasteiger partial charge in [-0.15, -0.1) is 5.10 Å².